The number of aliphatic carboxylic acids is 1. The Morgan fingerprint density at radius 1 is 1.25 bits per heavy atom. The maximum atomic E-state index is 11.0. The molecule has 4 nitrogen and oxygen atoms in total. The first-order valence-corrected chi connectivity index (χ1v) is 9.15. The minimum Gasteiger partial charge on any atom is -0.481 e. The van der Waals surface area contributed by atoms with Crippen molar-refractivity contribution in [2.24, 2.45) is 5.92 Å². The van der Waals surface area contributed by atoms with Crippen LogP contribution in [0.2, 0.25) is 0 Å². The van der Waals surface area contributed by atoms with Gasteiger partial charge in [0.15, 0.2) is 0 Å². The zero-order valence-corrected chi connectivity index (χ0v) is 15.2. The molecule has 0 aromatic rings. The first-order valence-electron chi connectivity index (χ1n) is 9.15. The highest BCUT2D eigenvalue weighted by Crippen LogP contribution is 2.23. The maximum absolute atomic E-state index is 11.0. The highest BCUT2D eigenvalue weighted by atomic mass is 16.4. The van der Waals surface area contributed by atoms with Crippen molar-refractivity contribution in [2.45, 2.75) is 84.2 Å². The molecule has 1 aliphatic rings. The van der Waals surface area contributed by atoms with Crippen molar-refractivity contribution in [3.05, 3.63) is 24.3 Å². The number of ketones is 1. The van der Waals surface area contributed by atoms with Gasteiger partial charge in [-0.25, -0.2) is 0 Å². The van der Waals surface area contributed by atoms with Gasteiger partial charge in [0.25, 0.3) is 0 Å². The summed E-state index contributed by atoms with van der Waals surface area (Å²) in [6.07, 6.45) is 16.8. The maximum Gasteiger partial charge on any atom is 0.303 e. The lowest BCUT2D eigenvalue weighted by molar-refractivity contribution is -0.137. The SMILES string of the molecule is C/C=C\CCCC(=O)O.CC(O)CCCC/C=C/C1CCC(=O)C1. The number of carbonyl (C=O) groups excluding carboxylic acids is 1. The molecule has 0 spiro atoms. The number of carboxylic acids is 1. The van der Waals surface area contributed by atoms with Gasteiger partial charge in [-0.3, -0.25) is 9.59 Å². The second-order valence-electron chi connectivity index (χ2n) is 6.46. The lowest BCUT2D eigenvalue weighted by Crippen LogP contribution is -1.97. The van der Waals surface area contributed by atoms with E-state index in [0.717, 1.165) is 57.8 Å². The van der Waals surface area contributed by atoms with Crippen molar-refractivity contribution in [3.63, 3.8) is 0 Å². The van der Waals surface area contributed by atoms with Crippen LogP contribution in [0.3, 0.4) is 0 Å². The summed E-state index contributed by atoms with van der Waals surface area (Å²) in [7, 11) is 0. The molecule has 24 heavy (non-hydrogen) atoms. The molecule has 4 heteroatoms. The van der Waals surface area contributed by atoms with Gasteiger partial charge in [-0.15, -0.1) is 0 Å². The fourth-order valence-electron chi connectivity index (χ4n) is 2.54. The smallest absolute Gasteiger partial charge is 0.303 e. The monoisotopic (exact) mass is 338 g/mol. The van der Waals surface area contributed by atoms with Gasteiger partial charge in [0.2, 0.25) is 0 Å². The number of carboxylic acid groups (broad SMARTS) is 1. The average molecular weight is 338 g/mol. The van der Waals surface area contributed by atoms with E-state index in [1.807, 2.05) is 26.0 Å². The summed E-state index contributed by atoms with van der Waals surface area (Å²) in [5.41, 5.74) is 0. The highest BCUT2D eigenvalue weighted by Gasteiger charge is 2.18. The lowest BCUT2D eigenvalue weighted by Gasteiger charge is -2.02. The Kier molecular flexibility index (Phi) is 14.2. The van der Waals surface area contributed by atoms with Crippen molar-refractivity contribution < 1.29 is 19.8 Å². The zero-order chi connectivity index (χ0) is 18.2. The summed E-state index contributed by atoms with van der Waals surface area (Å²) in [6.45, 7) is 3.76. The third-order valence-corrected chi connectivity index (χ3v) is 3.93. The molecule has 0 radical (unpaired) electrons. The molecule has 2 N–H and O–H groups in total. The third kappa shape index (κ3) is 15.5. The molecule has 1 rings (SSSR count). The van der Waals surface area contributed by atoms with Crippen LogP contribution >= 0.6 is 0 Å². The molecular weight excluding hydrogens is 304 g/mol. The van der Waals surface area contributed by atoms with E-state index in [1.54, 1.807) is 0 Å². The summed E-state index contributed by atoms with van der Waals surface area (Å²) in [5, 5.41) is 17.2. The number of aliphatic hydroxyl groups excluding tert-OH is 1. The second-order valence-corrected chi connectivity index (χ2v) is 6.46. The molecule has 0 aromatic heterocycles. The van der Waals surface area contributed by atoms with Gasteiger partial charge in [-0.2, -0.15) is 0 Å². The van der Waals surface area contributed by atoms with E-state index >= 15 is 0 Å². The van der Waals surface area contributed by atoms with Crippen molar-refractivity contribution in [1.82, 2.24) is 0 Å². The summed E-state index contributed by atoms with van der Waals surface area (Å²) < 4.78 is 0. The van der Waals surface area contributed by atoms with Crippen LogP contribution in [-0.2, 0) is 9.59 Å². The normalized spacial score (nSPS) is 18.8. The predicted molar refractivity (Wildman–Crippen MR) is 97.9 cm³/mol. The number of allylic oxidation sites excluding steroid dienone is 4. The molecule has 0 bridgehead atoms. The molecule has 2 unspecified atom stereocenters. The van der Waals surface area contributed by atoms with Crippen LogP contribution in [-0.4, -0.2) is 28.1 Å². The molecule has 0 heterocycles. The van der Waals surface area contributed by atoms with Gasteiger partial charge >= 0.3 is 5.97 Å². The first-order chi connectivity index (χ1) is 11.5. The summed E-state index contributed by atoms with van der Waals surface area (Å²) >= 11 is 0. The van der Waals surface area contributed by atoms with Crippen molar-refractivity contribution >= 4 is 11.8 Å². The van der Waals surface area contributed by atoms with E-state index in [1.165, 1.54) is 0 Å². The topological polar surface area (TPSA) is 74.6 Å². The summed E-state index contributed by atoms with van der Waals surface area (Å²) in [4.78, 5) is 20.9. The molecule has 0 aromatic carbocycles. The van der Waals surface area contributed by atoms with Gasteiger partial charge in [-0.05, 0) is 58.3 Å². The molecule has 0 amide bonds. The van der Waals surface area contributed by atoms with Gasteiger partial charge in [0.05, 0.1) is 6.10 Å². The number of aliphatic hydroxyl groups is 1. The van der Waals surface area contributed by atoms with Crippen molar-refractivity contribution in [3.8, 4) is 0 Å². The first kappa shape index (κ1) is 22.6. The minimum atomic E-state index is -0.709. The number of hydrogen-bond acceptors (Lipinski definition) is 3. The number of hydrogen-bond donors (Lipinski definition) is 2. The molecule has 1 aliphatic carbocycles. The van der Waals surface area contributed by atoms with Gasteiger partial charge in [0, 0.05) is 19.3 Å². The number of unbranched alkanes of at least 4 members (excludes halogenated alkanes) is 3. The zero-order valence-electron chi connectivity index (χ0n) is 15.2. The van der Waals surface area contributed by atoms with Gasteiger partial charge < -0.3 is 10.2 Å². The fourth-order valence-corrected chi connectivity index (χ4v) is 2.54. The molecule has 2 atom stereocenters. The molecule has 138 valence electrons. The van der Waals surface area contributed by atoms with E-state index in [-0.39, 0.29) is 12.5 Å². The van der Waals surface area contributed by atoms with Crippen LogP contribution in [0.5, 0.6) is 0 Å². The Hall–Kier alpha value is -1.42. The molecule has 0 aliphatic heterocycles. The van der Waals surface area contributed by atoms with Crippen LogP contribution < -0.4 is 0 Å². The standard InChI is InChI=1S/C13H22O2.C7H12O2/c1-11(14)6-4-2-3-5-7-12-8-9-13(15)10-12;1-2-3-4-5-6-7(8)9/h5,7,11-12,14H,2-4,6,8-10H2,1H3;2-3H,4-6H2,1H3,(H,8,9)/b7-5+;3-2-. The van der Waals surface area contributed by atoms with Crippen LogP contribution in [0, 0.1) is 5.92 Å². The van der Waals surface area contributed by atoms with Crippen LogP contribution in [0.1, 0.15) is 78.1 Å². The van der Waals surface area contributed by atoms with Crippen LogP contribution in [0.4, 0.5) is 0 Å². The lowest BCUT2D eigenvalue weighted by atomic mass is 10.1. The molecule has 1 saturated carbocycles. The number of Topliss-reactive ketones (excluding diaryl/α,β-unsaturated/α-hetero) is 1. The van der Waals surface area contributed by atoms with E-state index in [2.05, 4.69) is 12.2 Å². The van der Waals surface area contributed by atoms with E-state index < -0.39 is 5.97 Å². The number of carbonyl (C=O) groups is 2. The van der Waals surface area contributed by atoms with Gasteiger partial charge in [0.1, 0.15) is 5.78 Å². The Morgan fingerprint density at radius 3 is 2.50 bits per heavy atom. The Labute approximate surface area is 146 Å². The van der Waals surface area contributed by atoms with Crippen molar-refractivity contribution in [1.29, 1.82) is 0 Å². The average Bonchev–Trinajstić information content (AvgIpc) is 2.93. The van der Waals surface area contributed by atoms with Crippen molar-refractivity contribution in [2.75, 3.05) is 0 Å². The van der Waals surface area contributed by atoms with E-state index in [0.29, 0.717) is 11.7 Å². The van der Waals surface area contributed by atoms with Crippen LogP contribution in [0.15, 0.2) is 24.3 Å². The quantitative estimate of drug-likeness (QED) is 0.448. The Bertz CT molecular complexity index is 396. The van der Waals surface area contributed by atoms with Gasteiger partial charge in [-0.1, -0.05) is 30.7 Å². The second kappa shape index (κ2) is 15.1. The predicted octanol–water partition coefficient (Wildman–Crippen LogP) is 4.67. The Balaban J connectivity index is 0.000000506. The molecular formula is C20H34O4. The Morgan fingerprint density at radius 2 is 1.96 bits per heavy atom. The largest absolute Gasteiger partial charge is 0.481 e. The van der Waals surface area contributed by atoms with Crippen LogP contribution in [0.25, 0.3) is 0 Å². The molecule has 0 saturated heterocycles. The van der Waals surface area contributed by atoms with E-state index in [4.69, 9.17) is 10.2 Å². The third-order valence-electron chi connectivity index (χ3n) is 3.93. The molecule has 1 fully saturated rings. The fraction of sp³-hybridized carbons (Fsp3) is 0.700. The minimum absolute atomic E-state index is 0.165. The highest BCUT2D eigenvalue weighted by molar-refractivity contribution is 5.80. The summed E-state index contributed by atoms with van der Waals surface area (Å²) in [6, 6.07) is 0. The number of rotatable bonds is 10. The summed E-state index contributed by atoms with van der Waals surface area (Å²) in [5.74, 6) is 0.215. The van der Waals surface area contributed by atoms with E-state index in [9.17, 15) is 9.59 Å².